The van der Waals surface area contributed by atoms with E-state index in [2.05, 4.69) is 4.98 Å². The maximum Gasteiger partial charge on any atom is 0.248 e. The predicted molar refractivity (Wildman–Crippen MR) is 68.0 cm³/mol. The van der Waals surface area contributed by atoms with Crippen molar-refractivity contribution in [1.29, 1.82) is 0 Å². The molecule has 4 heteroatoms. The summed E-state index contributed by atoms with van der Waals surface area (Å²) in [6.45, 7) is 0. The van der Waals surface area contributed by atoms with Gasteiger partial charge in [0.2, 0.25) is 5.91 Å². The largest absolute Gasteiger partial charge is 0.461 e. The second kappa shape index (κ2) is 4.00. The minimum Gasteiger partial charge on any atom is -0.461 e. The van der Waals surface area contributed by atoms with Crippen molar-refractivity contribution < 1.29 is 9.21 Å². The zero-order valence-electron chi connectivity index (χ0n) is 9.46. The summed E-state index contributed by atoms with van der Waals surface area (Å²) in [5.41, 5.74) is 7.35. The number of carbonyl (C=O) groups is 1. The van der Waals surface area contributed by atoms with Gasteiger partial charge < -0.3 is 10.2 Å². The first kappa shape index (κ1) is 10.5. The number of benzene rings is 1. The molecule has 0 bridgehead atoms. The minimum atomic E-state index is -0.441. The summed E-state index contributed by atoms with van der Waals surface area (Å²) in [5, 5.41) is 0.950. The summed E-state index contributed by atoms with van der Waals surface area (Å²) in [4.78, 5) is 15.3. The normalized spacial score (nSPS) is 10.7. The minimum absolute atomic E-state index is 0.441. The Morgan fingerprint density at radius 2 is 1.94 bits per heavy atom. The first-order valence-electron chi connectivity index (χ1n) is 5.48. The molecule has 4 nitrogen and oxygen atoms in total. The van der Waals surface area contributed by atoms with E-state index in [9.17, 15) is 4.79 Å². The van der Waals surface area contributed by atoms with Gasteiger partial charge in [-0.1, -0.05) is 12.1 Å². The van der Waals surface area contributed by atoms with Gasteiger partial charge in [-0.3, -0.25) is 9.78 Å². The van der Waals surface area contributed by atoms with Gasteiger partial charge >= 0.3 is 0 Å². The van der Waals surface area contributed by atoms with E-state index in [4.69, 9.17) is 10.2 Å². The predicted octanol–water partition coefficient (Wildman–Crippen LogP) is 2.59. The number of aromatic nitrogens is 1. The maximum atomic E-state index is 11.0. The van der Waals surface area contributed by atoms with Crippen molar-refractivity contribution in [2.24, 2.45) is 5.73 Å². The van der Waals surface area contributed by atoms with Crippen LogP contribution in [0.3, 0.4) is 0 Å². The van der Waals surface area contributed by atoms with Gasteiger partial charge in [-0.15, -0.1) is 0 Å². The molecule has 0 fully saturated rings. The average Bonchev–Trinajstić information content (AvgIpc) is 2.82. The third kappa shape index (κ3) is 1.64. The molecule has 2 heterocycles. The fraction of sp³-hybridized carbons (Fsp3) is 0. The van der Waals surface area contributed by atoms with Crippen LogP contribution in [-0.2, 0) is 0 Å². The molecule has 0 spiro atoms. The lowest BCUT2D eigenvalue weighted by molar-refractivity contribution is 0.100. The van der Waals surface area contributed by atoms with Gasteiger partial charge in [-0.25, -0.2) is 0 Å². The number of carbonyl (C=O) groups excluding carboxylic acids is 1. The van der Waals surface area contributed by atoms with E-state index in [1.165, 1.54) is 0 Å². The monoisotopic (exact) mass is 238 g/mol. The molecule has 0 radical (unpaired) electrons. The molecule has 0 aliphatic heterocycles. The Balaban J connectivity index is 2.12. The topological polar surface area (TPSA) is 69.1 Å². The highest BCUT2D eigenvalue weighted by Crippen LogP contribution is 2.28. The molecule has 1 amide bonds. The molecule has 0 unspecified atom stereocenters. The highest BCUT2D eigenvalue weighted by molar-refractivity contribution is 5.94. The molecule has 88 valence electrons. The van der Waals surface area contributed by atoms with Crippen molar-refractivity contribution in [2.45, 2.75) is 0 Å². The second-order valence-electron chi connectivity index (χ2n) is 3.95. The van der Waals surface area contributed by atoms with Crippen LogP contribution in [0.4, 0.5) is 0 Å². The standard InChI is InChI=1S/C14H10N2O2/c15-14(17)10-5-3-9(4-6-10)13-12-11(8-18-13)2-1-7-16-12/h1-8H,(H2,15,17). The third-order valence-electron chi connectivity index (χ3n) is 2.79. The van der Waals surface area contributed by atoms with Gasteiger partial charge in [0.25, 0.3) is 0 Å². The smallest absolute Gasteiger partial charge is 0.248 e. The summed E-state index contributed by atoms with van der Waals surface area (Å²) >= 11 is 0. The van der Waals surface area contributed by atoms with Gasteiger partial charge in [-0.05, 0) is 24.3 Å². The van der Waals surface area contributed by atoms with Crippen molar-refractivity contribution in [2.75, 3.05) is 0 Å². The van der Waals surface area contributed by atoms with E-state index in [1.807, 2.05) is 12.1 Å². The van der Waals surface area contributed by atoms with E-state index < -0.39 is 5.91 Å². The molecule has 1 aromatic carbocycles. The van der Waals surface area contributed by atoms with Crippen LogP contribution in [0.25, 0.3) is 22.2 Å². The Hall–Kier alpha value is -2.62. The van der Waals surface area contributed by atoms with E-state index in [0.717, 1.165) is 16.5 Å². The number of pyridine rings is 1. The van der Waals surface area contributed by atoms with Crippen molar-refractivity contribution in [1.82, 2.24) is 4.98 Å². The number of hydrogen-bond donors (Lipinski definition) is 1. The Bertz CT molecular complexity index is 714. The lowest BCUT2D eigenvalue weighted by Crippen LogP contribution is -2.10. The van der Waals surface area contributed by atoms with Crippen molar-refractivity contribution in [3.05, 3.63) is 54.4 Å². The number of nitrogens with two attached hydrogens (primary N) is 1. The fourth-order valence-electron chi connectivity index (χ4n) is 1.87. The van der Waals surface area contributed by atoms with E-state index in [1.54, 1.807) is 36.7 Å². The molecule has 0 saturated carbocycles. The number of furan rings is 1. The molecule has 3 rings (SSSR count). The lowest BCUT2D eigenvalue weighted by atomic mass is 10.1. The maximum absolute atomic E-state index is 11.0. The molecule has 0 aliphatic rings. The lowest BCUT2D eigenvalue weighted by Gasteiger charge is -1.99. The molecule has 3 aromatic rings. The summed E-state index contributed by atoms with van der Waals surface area (Å²) in [7, 11) is 0. The van der Waals surface area contributed by atoms with Crippen LogP contribution in [0.1, 0.15) is 10.4 Å². The quantitative estimate of drug-likeness (QED) is 0.746. The molecule has 0 atom stereocenters. The van der Waals surface area contributed by atoms with Crippen molar-refractivity contribution in [3.63, 3.8) is 0 Å². The molecular formula is C14H10N2O2. The van der Waals surface area contributed by atoms with Gasteiger partial charge in [0, 0.05) is 22.7 Å². The van der Waals surface area contributed by atoms with Gasteiger partial charge in [0.1, 0.15) is 11.8 Å². The van der Waals surface area contributed by atoms with Crippen LogP contribution >= 0.6 is 0 Å². The Morgan fingerprint density at radius 1 is 1.17 bits per heavy atom. The van der Waals surface area contributed by atoms with E-state index in [0.29, 0.717) is 11.3 Å². The fourth-order valence-corrected chi connectivity index (χ4v) is 1.87. The Labute approximate surface area is 103 Å². The van der Waals surface area contributed by atoms with Gasteiger partial charge in [0.15, 0.2) is 5.76 Å². The number of fused-ring (bicyclic) bond motifs is 1. The second-order valence-corrected chi connectivity index (χ2v) is 3.95. The van der Waals surface area contributed by atoms with Crippen molar-refractivity contribution in [3.8, 4) is 11.3 Å². The molecule has 0 saturated heterocycles. The molecule has 2 N–H and O–H groups in total. The number of primary amides is 1. The average molecular weight is 238 g/mol. The third-order valence-corrected chi connectivity index (χ3v) is 2.79. The highest BCUT2D eigenvalue weighted by Gasteiger charge is 2.10. The number of amides is 1. The van der Waals surface area contributed by atoms with Crippen LogP contribution in [0.5, 0.6) is 0 Å². The van der Waals surface area contributed by atoms with Crippen LogP contribution in [0.15, 0.2) is 53.3 Å². The first-order chi connectivity index (χ1) is 8.75. The van der Waals surface area contributed by atoms with Gasteiger partial charge in [-0.2, -0.15) is 0 Å². The zero-order chi connectivity index (χ0) is 12.5. The Kier molecular flexibility index (Phi) is 2.34. The zero-order valence-corrected chi connectivity index (χ0v) is 9.46. The van der Waals surface area contributed by atoms with Crippen molar-refractivity contribution >= 4 is 16.8 Å². The number of nitrogens with zero attached hydrogens (tertiary/aromatic N) is 1. The summed E-state index contributed by atoms with van der Waals surface area (Å²) in [5.74, 6) is 0.255. The van der Waals surface area contributed by atoms with Crippen LogP contribution in [0, 0.1) is 0 Å². The number of hydrogen-bond acceptors (Lipinski definition) is 3. The number of rotatable bonds is 2. The molecule has 0 aliphatic carbocycles. The van der Waals surface area contributed by atoms with E-state index >= 15 is 0 Å². The summed E-state index contributed by atoms with van der Waals surface area (Å²) < 4.78 is 5.52. The summed E-state index contributed by atoms with van der Waals surface area (Å²) in [6, 6.07) is 10.7. The molecule has 18 heavy (non-hydrogen) atoms. The van der Waals surface area contributed by atoms with Crippen LogP contribution in [-0.4, -0.2) is 10.9 Å². The van der Waals surface area contributed by atoms with E-state index in [-0.39, 0.29) is 0 Å². The van der Waals surface area contributed by atoms with Gasteiger partial charge in [0.05, 0.1) is 0 Å². The first-order valence-corrected chi connectivity index (χ1v) is 5.48. The molecular weight excluding hydrogens is 228 g/mol. The summed E-state index contributed by atoms with van der Waals surface area (Å²) in [6.07, 6.45) is 3.39. The van der Waals surface area contributed by atoms with Crippen LogP contribution < -0.4 is 5.73 Å². The SMILES string of the molecule is NC(=O)c1ccc(-c2occ3cccnc23)cc1. The molecule has 2 aromatic heterocycles. The van der Waals surface area contributed by atoms with Crippen LogP contribution in [0.2, 0.25) is 0 Å². The Morgan fingerprint density at radius 3 is 2.67 bits per heavy atom. The highest BCUT2D eigenvalue weighted by atomic mass is 16.3.